The van der Waals surface area contributed by atoms with Crippen molar-refractivity contribution in [1.82, 2.24) is 4.98 Å². The lowest BCUT2D eigenvalue weighted by Crippen LogP contribution is -2.41. The molecule has 1 aliphatic rings. The molecular weight excluding hydrogens is 336 g/mol. The first-order chi connectivity index (χ1) is 12.3. The second-order valence-electron chi connectivity index (χ2n) is 5.72. The van der Waals surface area contributed by atoms with Gasteiger partial charge in [-0.2, -0.15) is 0 Å². The molecule has 1 aromatic heterocycles. The van der Waals surface area contributed by atoms with Gasteiger partial charge in [0.1, 0.15) is 17.5 Å². The molecular formula is C20H15ClN2O2. The van der Waals surface area contributed by atoms with E-state index in [1.54, 1.807) is 23.2 Å². The molecule has 1 aliphatic heterocycles. The molecule has 0 aliphatic carbocycles. The summed E-state index contributed by atoms with van der Waals surface area (Å²) in [6.45, 7) is 0.380. The van der Waals surface area contributed by atoms with E-state index in [9.17, 15) is 4.79 Å². The lowest BCUT2D eigenvalue weighted by atomic mass is 10.0. The standard InChI is InChI=1S/C20H15ClN2O2/c21-19-15(9-6-12-22-19)20(24)23-16-10-4-5-11-18(16)25-13-17(23)14-7-2-1-3-8-14/h1-12,17H,13H2/t17-/m1/s1. The first kappa shape index (κ1) is 15.7. The summed E-state index contributed by atoms with van der Waals surface area (Å²) in [6, 6.07) is 20.5. The van der Waals surface area contributed by atoms with Crippen molar-refractivity contribution in [2.24, 2.45) is 0 Å². The molecule has 0 saturated heterocycles. The van der Waals surface area contributed by atoms with Gasteiger partial charge in [-0.3, -0.25) is 9.69 Å². The Kier molecular flexibility index (Phi) is 4.12. The smallest absolute Gasteiger partial charge is 0.262 e. The number of rotatable bonds is 2. The van der Waals surface area contributed by atoms with Crippen LogP contribution in [0.1, 0.15) is 22.0 Å². The number of anilines is 1. The third kappa shape index (κ3) is 2.85. The maximum Gasteiger partial charge on any atom is 0.262 e. The molecule has 4 rings (SSSR count). The Bertz CT molecular complexity index is 914. The summed E-state index contributed by atoms with van der Waals surface area (Å²) in [7, 11) is 0. The van der Waals surface area contributed by atoms with Gasteiger partial charge in [0.15, 0.2) is 0 Å². The lowest BCUT2D eigenvalue weighted by Gasteiger charge is -2.37. The SMILES string of the molecule is O=C(c1cccnc1Cl)N1c2ccccc2OC[C@@H]1c1ccccc1. The van der Waals surface area contributed by atoms with Gasteiger partial charge in [-0.05, 0) is 29.8 Å². The van der Waals surface area contributed by atoms with Crippen molar-refractivity contribution in [3.63, 3.8) is 0 Å². The van der Waals surface area contributed by atoms with Crippen LogP contribution in [0.25, 0.3) is 0 Å². The molecule has 0 radical (unpaired) electrons. The molecule has 5 heteroatoms. The molecule has 1 amide bonds. The van der Waals surface area contributed by atoms with Gasteiger partial charge in [0.05, 0.1) is 17.3 Å². The number of hydrogen-bond acceptors (Lipinski definition) is 3. The third-order valence-electron chi connectivity index (χ3n) is 4.23. The molecule has 0 unspecified atom stereocenters. The number of hydrogen-bond donors (Lipinski definition) is 0. The normalized spacial score (nSPS) is 16.0. The average Bonchev–Trinajstić information content (AvgIpc) is 2.67. The highest BCUT2D eigenvalue weighted by Gasteiger charge is 2.34. The minimum absolute atomic E-state index is 0.192. The maximum atomic E-state index is 13.3. The van der Waals surface area contributed by atoms with E-state index in [0.717, 1.165) is 11.3 Å². The maximum absolute atomic E-state index is 13.3. The van der Waals surface area contributed by atoms with Crippen LogP contribution < -0.4 is 9.64 Å². The van der Waals surface area contributed by atoms with Gasteiger partial charge in [0, 0.05) is 6.20 Å². The molecule has 4 nitrogen and oxygen atoms in total. The summed E-state index contributed by atoms with van der Waals surface area (Å²) in [4.78, 5) is 19.1. The number of para-hydroxylation sites is 2. The van der Waals surface area contributed by atoms with E-state index in [4.69, 9.17) is 16.3 Å². The largest absolute Gasteiger partial charge is 0.489 e. The van der Waals surface area contributed by atoms with E-state index in [2.05, 4.69) is 4.98 Å². The van der Waals surface area contributed by atoms with E-state index in [1.807, 2.05) is 54.6 Å². The summed E-state index contributed by atoms with van der Waals surface area (Å²) >= 11 is 6.17. The minimum atomic E-state index is -0.236. The molecule has 1 atom stereocenters. The van der Waals surface area contributed by atoms with Gasteiger partial charge in [-0.1, -0.05) is 54.1 Å². The van der Waals surface area contributed by atoms with Crippen molar-refractivity contribution in [1.29, 1.82) is 0 Å². The number of carbonyl (C=O) groups excluding carboxylic acids is 1. The Morgan fingerprint density at radius 3 is 2.60 bits per heavy atom. The summed E-state index contributed by atoms with van der Waals surface area (Å²) in [5.74, 6) is 0.491. The second kappa shape index (κ2) is 6.57. The van der Waals surface area contributed by atoms with Gasteiger partial charge in [0.25, 0.3) is 5.91 Å². The number of benzene rings is 2. The average molecular weight is 351 g/mol. The fraction of sp³-hybridized carbons (Fsp3) is 0.100. The molecule has 0 bridgehead atoms. The topological polar surface area (TPSA) is 42.4 Å². The van der Waals surface area contributed by atoms with Gasteiger partial charge in [-0.25, -0.2) is 4.98 Å². The van der Waals surface area contributed by atoms with Gasteiger partial charge >= 0.3 is 0 Å². The van der Waals surface area contributed by atoms with Gasteiger partial charge in [-0.15, -0.1) is 0 Å². The highest BCUT2D eigenvalue weighted by Crippen LogP contribution is 2.40. The summed E-state index contributed by atoms with van der Waals surface area (Å²) in [6.07, 6.45) is 1.57. The van der Waals surface area contributed by atoms with Crippen molar-refractivity contribution < 1.29 is 9.53 Å². The molecule has 0 N–H and O–H groups in total. The Morgan fingerprint density at radius 1 is 1.04 bits per heavy atom. The zero-order chi connectivity index (χ0) is 17.2. The first-order valence-corrected chi connectivity index (χ1v) is 8.34. The van der Waals surface area contributed by atoms with Crippen molar-refractivity contribution in [2.45, 2.75) is 6.04 Å². The molecule has 0 spiro atoms. The summed E-state index contributed by atoms with van der Waals surface area (Å²) < 4.78 is 5.89. The number of ether oxygens (including phenoxy) is 1. The van der Waals surface area contributed by atoms with Crippen LogP contribution in [0.3, 0.4) is 0 Å². The Balaban J connectivity index is 1.84. The van der Waals surface area contributed by atoms with Crippen molar-refractivity contribution in [3.05, 3.63) is 89.2 Å². The number of aromatic nitrogens is 1. The number of amides is 1. The zero-order valence-electron chi connectivity index (χ0n) is 13.3. The van der Waals surface area contributed by atoms with E-state index in [1.165, 1.54) is 0 Å². The highest BCUT2D eigenvalue weighted by molar-refractivity contribution is 6.33. The van der Waals surface area contributed by atoms with Crippen LogP contribution in [0.15, 0.2) is 72.9 Å². The van der Waals surface area contributed by atoms with Crippen LogP contribution in [0.2, 0.25) is 5.15 Å². The fourth-order valence-corrected chi connectivity index (χ4v) is 3.24. The van der Waals surface area contributed by atoms with Crippen molar-refractivity contribution in [3.8, 4) is 5.75 Å². The fourth-order valence-electron chi connectivity index (χ4n) is 3.04. The van der Waals surface area contributed by atoms with Crippen LogP contribution in [0, 0.1) is 0 Å². The number of carbonyl (C=O) groups is 1. The summed E-state index contributed by atoms with van der Waals surface area (Å²) in [5, 5.41) is 0.197. The number of pyridine rings is 1. The zero-order valence-corrected chi connectivity index (χ0v) is 14.1. The van der Waals surface area contributed by atoms with Crippen LogP contribution in [0.5, 0.6) is 5.75 Å². The molecule has 25 heavy (non-hydrogen) atoms. The van der Waals surface area contributed by atoms with Crippen LogP contribution in [0.4, 0.5) is 5.69 Å². The van der Waals surface area contributed by atoms with Gasteiger partial charge < -0.3 is 4.74 Å². The summed E-state index contributed by atoms with van der Waals surface area (Å²) in [5.41, 5.74) is 2.11. The molecule has 0 fully saturated rings. The molecule has 2 heterocycles. The van der Waals surface area contributed by atoms with Crippen LogP contribution >= 0.6 is 11.6 Å². The highest BCUT2D eigenvalue weighted by atomic mass is 35.5. The van der Waals surface area contributed by atoms with E-state index in [-0.39, 0.29) is 17.1 Å². The van der Waals surface area contributed by atoms with E-state index in [0.29, 0.717) is 17.9 Å². The van der Waals surface area contributed by atoms with Gasteiger partial charge in [0.2, 0.25) is 0 Å². The number of fused-ring (bicyclic) bond motifs is 1. The molecule has 0 saturated carbocycles. The third-order valence-corrected chi connectivity index (χ3v) is 4.53. The number of nitrogens with zero attached hydrogens (tertiary/aromatic N) is 2. The predicted octanol–water partition coefficient (Wildman–Crippen LogP) is 4.52. The Hall–Kier alpha value is -2.85. The van der Waals surface area contributed by atoms with Crippen LogP contribution in [-0.2, 0) is 0 Å². The van der Waals surface area contributed by atoms with E-state index >= 15 is 0 Å². The van der Waals surface area contributed by atoms with Crippen molar-refractivity contribution in [2.75, 3.05) is 11.5 Å². The monoisotopic (exact) mass is 350 g/mol. The Labute approximate surface area is 150 Å². The molecule has 3 aromatic rings. The van der Waals surface area contributed by atoms with Crippen molar-refractivity contribution >= 4 is 23.2 Å². The lowest BCUT2D eigenvalue weighted by molar-refractivity contribution is 0.0956. The second-order valence-corrected chi connectivity index (χ2v) is 6.08. The molecule has 124 valence electrons. The van der Waals surface area contributed by atoms with E-state index < -0.39 is 0 Å². The first-order valence-electron chi connectivity index (χ1n) is 7.96. The Morgan fingerprint density at radius 2 is 1.80 bits per heavy atom. The van der Waals surface area contributed by atoms with Crippen LogP contribution in [-0.4, -0.2) is 17.5 Å². The predicted molar refractivity (Wildman–Crippen MR) is 97.2 cm³/mol. The quantitative estimate of drug-likeness (QED) is 0.638. The minimum Gasteiger partial charge on any atom is -0.489 e. The molecule has 2 aromatic carbocycles. The number of halogens is 1.